The molecule has 0 bridgehead atoms. The maximum atomic E-state index is 13.1. The van der Waals surface area contributed by atoms with Crippen LogP contribution in [0.15, 0.2) is 24.5 Å². The molecule has 0 radical (unpaired) electrons. The van der Waals surface area contributed by atoms with Gasteiger partial charge in [0, 0.05) is 12.1 Å². The largest absolute Gasteiger partial charge is 0.369 e. The molecule has 112 valence electrons. The van der Waals surface area contributed by atoms with Crippen molar-refractivity contribution < 1.29 is 4.39 Å². The molecule has 0 spiro atoms. The van der Waals surface area contributed by atoms with E-state index < -0.39 is 0 Å². The van der Waals surface area contributed by atoms with Crippen LogP contribution in [0.3, 0.4) is 0 Å². The minimum atomic E-state index is -0.200. The lowest BCUT2D eigenvalue weighted by Gasteiger charge is -2.14. The van der Waals surface area contributed by atoms with E-state index in [0.717, 1.165) is 28.9 Å². The Labute approximate surface area is 129 Å². The quantitative estimate of drug-likeness (QED) is 0.834. The summed E-state index contributed by atoms with van der Waals surface area (Å²) in [7, 11) is 0. The summed E-state index contributed by atoms with van der Waals surface area (Å²) in [5, 5.41) is 3.78. The van der Waals surface area contributed by atoms with E-state index in [0.29, 0.717) is 11.7 Å². The van der Waals surface area contributed by atoms with E-state index in [4.69, 9.17) is 11.6 Å². The molecule has 2 aromatic rings. The standard InChI is InChI=1S/C16H19ClFN3/c1-10(2)14-15(17)20-9-21-16(14)19-7-6-12-4-5-13(18)8-11(12)3/h4-5,8-10H,6-7H2,1-3H3,(H,19,20,21). The first-order chi connectivity index (χ1) is 9.99. The Kier molecular flexibility index (Phi) is 5.12. The van der Waals surface area contributed by atoms with Crippen molar-refractivity contribution in [2.45, 2.75) is 33.1 Å². The van der Waals surface area contributed by atoms with Gasteiger partial charge in [-0.05, 0) is 42.5 Å². The zero-order chi connectivity index (χ0) is 15.4. The van der Waals surface area contributed by atoms with Crippen LogP contribution in [0.5, 0.6) is 0 Å². The van der Waals surface area contributed by atoms with E-state index in [1.165, 1.54) is 12.4 Å². The van der Waals surface area contributed by atoms with E-state index in [9.17, 15) is 4.39 Å². The predicted octanol–water partition coefficient (Wildman–Crippen LogP) is 4.36. The van der Waals surface area contributed by atoms with Crippen LogP contribution in [0.4, 0.5) is 10.2 Å². The van der Waals surface area contributed by atoms with Crippen LogP contribution in [0.1, 0.15) is 36.5 Å². The number of rotatable bonds is 5. The van der Waals surface area contributed by atoms with Gasteiger partial charge in [0.15, 0.2) is 0 Å². The van der Waals surface area contributed by atoms with Gasteiger partial charge in [0.2, 0.25) is 0 Å². The van der Waals surface area contributed by atoms with Gasteiger partial charge in [0.05, 0.1) is 0 Å². The third kappa shape index (κ3) is 3.91. The Morgan fingerprint density at radius 2 is 2.05 bits per heavy atom. The number of aromatic nitrogens is 2. The molecule has 0 aliphatic rings. The molecule has 0 aliphatic heterocycles. The van der Waals surface area contributed by atoms with Gasteiger partial charge in [0.1, 0.15) is 23.1 Å². The number of nitrogens with zero attached hydrogens (tertiary/aromatic N) is 2. The zero-order valence-corrected chi connectivity index (χ0v) is 13.2. The van der Waals surface area contributed by atoms with Crippen molar-refractivity contribution in [2.24, 2.45) is 0 Å². The molecule has 1 heterocycles. The summed E-state index contributed by atoms with van der Waals surface area (Å²) in [5.74, 6) is 0.812. The van der Waals surface area contributed by atoms with Crippen molar-refractivity contribution in [1.29, 1.82) is 0 Å². The third-order valence-corrected chi connectivity index (χ3v) is 3.71. The SMILES string of the molecule is Cc1cc(F)ccc1CCNc1ncnc(Cl)c1C(C)C. The number of nitrogens with one attached hydrogen (secondary N) is 1. The Morgan fingerprint density at radius 1 is 1.29 bits per heavy atom. The smallest absolute Gasteiger partial charge is 0.138 e. The normalized spacial score (nSPS) is 11.0. The van der Waals surface area contributed by atoms with E-state index in [2.05, 4.69) is 29.1 Å². The van der Waals surface area contributed by atoms with Crippen LogP contribution in [0.25, 0.3) is 0 Å². The number of halogens is 2. The molecule has 0 atom stereocenters. The fraction of sp³-hybridized carbons (Fsp3) is 0.375. The molecule has 3 nitrogen and oxygen atoms in total. The second-order valence-electron chi connectivity index (χ2n) is 5.33. The lowest BCUT2D eigenvalue weighted by Crippen LogP contribution is -2.11. The van der Waals surface area contributed by atoms with Gasteiger partial charge >= 0.3 is 0 Å². The van der Waals surface area contributed by atoms with Crippen LogP contribution in [-0.2, 0) is 6.42 Å². The van der Waals surface area contributed by atoms with Gasteiger partial charge in [0.25, 0.3) is 0 Å². The summed E-state index contributed by atoms with van der Waals surface area (Å²) in [4.78, 5) is 8.29. The number of hydrogen-bond acceptors (Lipinski definition) is 3. The first kappa shape index (κ1) is 15.7. The highest BCUT2D eigenvalue weighted by Crippen LogP contribution is 2.27. The first-order valence-electron chi connectivity index (χ1n) is 6.98. The topological polar surface area (TPSA) is 37.8 Å². The molecular formula is C16H19ClFN3. The Balaban J connectivity index is 2.05. The van der Waals surface area contributed by atoms with Gasteiger partial charge in [-0.1, -0.05) is 31.5 Å². The lowest BCUT2D eigenvalue weighted by atomic mass is 10.0. The van der Waals surface area contributed by atoms with Gasteiger partial charge < -0.3 is 5.32 Å². The molecule has 0 fully saturated rings. The van der Waals surface area contributed by atoms with Crippen LogP contribution in [0.2, 0.25) is 5.15 Å². The minimum Gasteiger partial charge on any atom is -0.369 e. The van der Waals surface area contributed by atoms with Gasteiger partial charge in [-0.15, -0.1) is 0 Å². The average Bonchev–Trinajstić information content (AvgIpc) is 2.41. The van der Waals surface area contributed by atoms with Crippen molar-refractivity contribution in [3.8, 4) is 0 Å². The number of anilines is 1. The molecule has 2 rings (SSSR count). The van der Waals surface area contributed by atoms with Gasteiger partial charge in [-0.25, -0.2) is 14.4 Å². The van der Waals surface area contributed by atoms with Crippen LogP contribution in [0, 0.1) is 12.7 Å². The van der Waals surface area contributed by atoms with Crippen LogP contribution >= 0.6 is 11.6 Å². The van der Waals surface area contributed by atoms with Crippen molar-refractivity contribution >= 4 is 17.4 Å². The second kappa shape index (κ2) is 6.85. The average molecular weight is 308 g/mol. The summed E-state index contributed by atoms with van der Waals surface area (Å²) < 4.78 is 13.1. The summed E-state index contributed by atoms with van der Waals surface area (Å²) >= 11 is 6.13. The predicted molar refractivity (Wildman–Crippen MR) is 84.5 cm³/mol. The molecule has 1 N–H and O–H groups in total. The second-order valence-corrected chi connectivity index (χ2v) is 5.69. The fourth-order valence-corrected chi connectivity index (χ4v) is 2.63. The summed E-state index contributed by atoms with van der Waals surface area (Å²) in [6.45, 7) is 6.73. The lowest BCUT2D eigenvalue weighted by molar-refractivity contribution is 0.625. The van der Waals surface area contributed by atoms with Gasteiger partial charge in [-0.3, -0.25) is 0 Å². The molecule has 0 saturated carbocycles. The third-order valence-electron chi connectivity index (χ3n) is 3.40. The molecule has 0 amide bonds. The molecule has 5 heteroatoms. The fourth-order valence-electron chi connectivity index (χ4n) is 2.28. The molecule has 0 aliphatic carbocycles. The molecule has 0 unspecified atom stereocenters. The number of benzene rings is 1. The molecule has 1 aromatic carbocycles. The Hall–Kier alpha value is -1.68. The summed E-state index contributed by atoms with van der Waals surface area (Å²) in [5.41, 5.74) is 3.01. The van der Waals surface area contributed by atoms with E-state index >= 15 is 0 Å². The maximum absolute atomic E-state index is 13.1. The minimum absolute atomic E-state index is 0.200. The summed E-state index contributed by atoms with van der Waals surface area (Å²) in [6.07, 6.45) is 2.25. The first-order valence-corrected chi connectivity index (χ1v) is 7.36. The maximum Gasteiger partial charge on any atom is 0.138 e. The number of hydrogen-bond donors (Lipinski definition) is 1. The monoisotopic (exact) mass is 307 g/mol. The van der Waals surface area contributed by atoms with Crippen LogP contribution in [-0.4, -0.2) is 16.5 Å². The molecule has 0 saturated heterocycles. The molecule has 21 heavy (non-hydrogen) atoms. The van der Waals surface area contributed by atoms with Crippen molar-refractivity contribution in [2.75, 3.05) is 11.9 Å². The van der Waals surface area contributed by atoms with Crippen molar-refractivity contribution in [1.82, 2.24) is 9.97 Å². The van der Waals surface area contributed by atoms with Crippen LogP contribution < -0.4 is 5.32 Å². The van der Waals surface area contributed by atoms with E-state index in [1.54, 1.807) is 6.07 Å². The highest BCUT2D eigenvalue weighted by Gasteiger charge is 2.13. The van der Waals surface area contributed by atoms with Gasteiger partial charge in [-0.2, -0.15) is 0 Å². The molecular weight excluding hydrogens is 289 g/mol. The highest BCUT2D eigenvalue weighted by atomic mass is 35.5. The Morgan fingerprint density at radius 3 is 2.71 bits per heavy atom. The Bertz CT molecular complexity index is 629. The van der Waals surface area contributed by atoms with E-state index in [-0.39, 0.29) is 11.7 Å². The highest BCUT2D eigenvalue weighted by molar-refractivity contribution is 6.30. The zero-order valence-electron chi connectivity index (χ0n) is 12.5. The van der Waals surface area contributed by atoms with Crippen molar-refractivity contribution in [3.05, 3.63) is 52.2 Å². The van der Waals surface area contributed by atoms with E-state index in [1.807, 2.05) is 13.0 Å². The molecule has 1 aromatic heterocycles. The van der Waals surface area contributed by atoms with Crippen molar-refractivity contribution in [3.63, 3.8) is 0 Å². The summed E-state index contributed by atoms with van der Waals surface area (Å²) in [6, 6.07) is 4.86. The number of aryl methyl sites for hydroxylation is 1.